The van der Waals surface area contributed by atoms with E-state index in [4.69, 9.17) is 17.3 Å². The highest BCUT2D eigenvalue weighted by Crippen LogP contribution is 2.26. The summed E-state index contributed by atoms with van der Waals surface area (Å²) < 4.78 is 0.892. The molecule has 0 aliphatic carbocycles. The molecule has 0 saturated carbocycles. The number of nitrogens with two attached hydrogens (primary N) is 1. The van der Waals surface area contributed by atoms with Crippen LogP contribution in [0.1, 0.15) is 33.1 Å². The van der Waals surface area contributed by atoms with E-state index in [1.165, 1.54) is 0 Å². The van der Waals surface area contributed by atoms with Crippen molar-refractivity contribution in [2.75, 3.05) is 11.9 Å². The molecular weight excluding hydrogens is 340 g/mol. The molecule has 1 aromatic rings. The molecule has 1 aromatic carbocycles. The van der Waals surface area contributed by atoms with Crippen molar-refractivity contribution in [3.8, 4) is 0 Å². The number of anilines is 1. The highest BCUT2D eigenvalue weighted by Gasteiger charge is 2.15. The summed E-state index contributed by atoms with van der Waals surface area (Å²) in [6.07, 6.45) is 2.31. The zero-order chi connectivity index (χ0) is 15.1. The third-order valence-electron chi connectivity index (χ3n) is 3.43. The standard InChI is InChI=1S/C15H22BrClN2O/c1-10(2)11(7-8-18)3-6-15(20)19-14-5-4-12(16)9-13(14)17/h4-5,9-11H,3,6-8,18H2,1-2H3,(H,19,20). The molecule has 1 unspecified atom stereocenters. The van der Waals surface area contributed by atoms with E-state index in [1.54, 1.807) is 12.1 Å². The first-order valence-corrected chi connectivity index (χ1v) is 8.06. The van der Waals surface area contributed by atoms with E-state index in [0.29, 0.717) is 35.5 Å². The lowest BCUT2D eigenvalue weighted by Gasteiger charge is -2.19. The molecule has 0 spiro atoms. The Hall–Kier alpha value is -0.580. The zero-order valence-corrected chi connectivity index (χ0v) is 14.3. The molecule has 3 N–H and O–H groups in total. The fourth-order valence-electron chi connectivity index (χ4n) is 2.15. The Labute approximate surface area is 134 Å². The summed E-state index contributed by atoms with van der Waals surface area (Å²) in [4.78, 5) is 12.0. The highest BCUT2D eigenvalue weighted by molar-refractivity contribution is 9.10. The Bertz CT molecular complexity index is 451. The normalized spacial score (nSPS) is 12.5. The summed E-state index contributed by atoms with van der Waals surface area (Å²) >= 11 is 9.41. The second-order valence-corrected chi connectivity index (χ2v) is 6.62. The highest BCUT2D eigenvalue weighted by atomic mass is 79.9. The molecule has 1 amide bonds. The number of hydrogen-bond acceptors (Lipinski definition) is 2. The van der Waals surface area contributed by atoms with Crippen LogP contribution in [0, 0.1) is 11.8 Å². The van der Waals surface area contributed by atoms with Gasteiger partial charge in [0.1, 0.15) is 0 Å². The molecule has 0 aliphatic rings. The van der Waals surface area contributed by atoms with Gasteiger partial charge in [-0.05, 0) is 49.4 Å². The lowest BCUT2D eigenvalue weighted by molar-refractivity contribution is -0.116. The smallest absolute Gasteiger partial charge is 0.224 e. The van der Waals surface area contributed by atoms with Gasteiger partial charge < -0.3 is 11.1 Å². The molecule has 0 aliphatic heterocycles. The number of rotatable bonds is 7. The van der Waals surface area contributed by atoms with Gasteiger partial charge in [0.25, 0.3) is 0 Å². The minimum atomic E-state index is -0.00288. The van der Waals surface area contributed by atoms with Crippen molar-refractivity contribution >= 4 is 39.1 Å². The fraction of sp³-hybridized carbons (Fsp3) is 0.533. The van der Waals surface area contributed by atoms with Crippen LogP contribution in [0.5, 0.6) is 0 Å². The van der Waals surface area contributed by atoms with Crippen molar-refractivity contribution in [1.82, 2.24) is 0 Å². The van der Waals surface area contributed by atoms with Crippen molar-refractivity contribution in [2.24, 2.45) is 17.6 Å². The summed E-state index contributed by atoms with van der Waals surface area (Å²) in [5, 5.41) is 3.39. The molecule has 0 heterocycles. The quantitative estimate of drug-likeness (QED) is 0.754. The van der Waals surface area contributed by atoms with E-state index >= 15 is 0 Å². The van der Waals surface area contributed by atoms with E-state index in [-0.39, 0.29) is 5.91 Å². The zero-order valence-electron chi connectivity index (χ0n) is 12.0. The molecular formula is C15H22BrClN2O. The monoisotopic (exact) mass is 360 g/mol. The minimum Gasteiger partial charge on any atom is -0.330 e. The Morgan fingerprint density at radius 1 is 1.40 bits per heavy atom. The molecule has 0 radical (unpaired) electrons. The van der Waals surface area contributed by atoms with E-state index in [2.05, 4.69) is 35.1 Å². The molecule has 20 heavy (non-hydrogen) atoms. The summed E-state index contributed by atoms with van der Waals surface area (Å²) in [6, 6.07) is 5.42. The fourth-order valence-corrected chi connectivity index (χ4v) is 2.87. The second kappa shape index (κ2) is 8.65. The number of carbonyl (C=O) groups is 1. The predicted molar refractivity (Wildman–Crippen MR) is 89.0 cm³/mol. The average Bonchev–Trinajstić information content (AvgIpc) is 2.37. The Balaban J connectivity index is 2.51. The van der Waals surface area contributed by atoms with Crippen LogP contribution in [0.25, 0.3) is 0 Å². The van der Waals surface area contributed by atoms with Crippen molar-refractivity contribution in [3.63, 3.8) is 0 Å². The molecule has 3 nitrogen and oxygen atoms in total. The third-order valence-corrected chi connectivity index (χ3v) is 4.23. The maximum Gasteiger partial charge on any atom is 0.224 e. The van der Waals surface area contributed by atoms with Crippen LogP contribution in [0.4, 0.5) is 5.69 Å². The van der Waals surface area contributed by atoms with Gasteiger partial charge in [-0.3, -0.25) is 4.79 Å². The van der Waals surface area contributed by atoms with Crippen molar-refractivity contribution in [1.29, 1.82) is 0 Å². The number of benzene rings is 1. The van der Waals surface area contributed by atoms with Gasteiger partial charge in [0.15, 0.2) is 0 Å². The van der Waals surface area contributed by atoms with Crippen LogP contribution in [-0.4, -0.2) is 12.5 Å². The second-order valence-electron chi connectivity index (χ2n) is 5.29. The first-order chi connectivity index (χ1) is 9.43. The molecule has 0 saturated heterocycles. The van der Waals surface area contributed by atoms with E-state index in [9.17, 15) is 4.79 Å². The Morgan fingerprint density at radius 2 is 2.10 bits per heavy atom. The van der Waals surface area contributed by atoms with Gasteiger partial charge in [-0.25, -0.2) is 0 Å². The van der Waals surface area contributed by atoms with E-state index in [1.807, 2.05) is 6.07 Å². The summed E-state index contributed by atoms with van der Waals surface area (Å²) in [5.74, 6) is 1.03. The summed E-state index contributed by atoms with van der Waals surface area (Å²) in [7, 11) is 0. The molecule has 1 rings (SSSR count). The van der Waals surface area contributed by atoms with Gasteiger partial charge >= 0.3 is 0 Å². The van der Waals surface area contributed by atoms with Gasteiger partial charge in [0.2, 0.25) is 5.91 Å². The van der Waals surface area contributed by atoms with Crippen LogP contribution < -0.4 is 11.1 Å². The summed E-state index contributed by atoms with van der Waals surface area (Å²) in [5.41, 5.74) is 6.26. The van der Waals surface area contributed by atoms with Crippen LogP contribution in [0.15, 0.2) is 22.7 Å². The van der Waals surface area contributed by atoms with Crippen LogP contribution >= 0.6 is 27.5 Å². The molecule has 5 heteroatoms. The molecule has 0 bridgehead atoms. The molecule has 0 aromatic heterocycles. The van der Waals surface area contributed by atoms with Crippen molar-refractivity contribution in [2.45, 2.75) is 33.1 Å². The van der Waals surface area contributed by atoms with Crippen molar-refractivity contribution < 1.29 is 4.79 Å². The first-order valence-electron chi connectivity index (χ1n) is 6.89. The maximum absolute atomic E-state index is 12.0. The van der Waals surface area contributed by atoms with Gasteiger partial charge in [0.05, 0.1) is 10.7 Å². The number of amides is 1. The third kappa shape index (κ3) is 5.81. The van der Waals surface area contributed by atoms with Gasteiger partial charge in [0, 0.05) is 10.9 Å². The summed E-state index contributed by atoms with van der Waals surface area (Å²) in [6.45, 7) is 5.01. The van der Waals surface area contributed by atoms with Gasteiger partial charge in [-0.2, -0.15) is 0 Å². The van der Waals surface area contributed by atoms with Crippen LogP contribution in [0.2, 0.25) is 5.02 Å². The molecule has 0 fully saturated rings. The lowest BCUT2D eigenvalue weighted by Crippen LogP contribution is -2.18. The topological polar surface area (TPSA) is 55.1 Å². The molecule has 1 atom stereocenters. The van der Waals surface area contributed by atoms with Gasteiger partial charge in [-0.15, -0.1) is 0 Å². The largest absolute Gasteiger partial charge is 0.330 e. The first kappa shape index (κ1) is 17.5. The number of nitrogens with one attached hydrogen (secondary N) is 1. The lowest BCUT2D eigenvalue weighted by atomic mass is 9.88. The Kier molecular flexibility index (Phi) is 7.56. The van der Waals surface area contributed by atoms with Crippen LogP contribution in [0.3, 0.4) is 0 Å². The van der Waals surface area contributed by atoms with E-state index < -0.39 is 0 Å². The maximum atomic E-state index is 12.0. The number of halogens is 2. The number of carbonyl (C=O) groups excluding carboxylic acids is 1. The molecule has 112 valence electrons. The van der Waals surface area contributed by atoms with Crippen LogP contribution in [-0.2, 0) is 4.79 Å². The predicted octanol–water partition coefficient (Wildman–Crippen LogP) is 4.44. The van der Waals surface area contributed by atoms with E-state index in [0.717, 1.165) is 17.3 Å². The van der Waals surface area contributed by atoms with Gasteiger partial charge in [-0.1, -0.05) is 41.4 Å². The minimum absolute atomic E-state index is 0.00288. The van der Waals surface area contributed by atoms with Crippen molar-refractivity contribution in [3.05, 3.63) is 27.7 Å². The number of hydrogen-bond donors (Lipinski definition) is 2. The average molecular weight is 362 g/mol. The Morgan fingerprint density at radius 3 is 2.65 bits per heavy atom. The SMILES string of the molecule is CC(C)C(CCN)CCC(=O)Nc1ccc(Br)cc1Cl.